The van der Waals surface area contributed by atoms with Crippen molar-refractivity contribution < 1.29 is 9.90 Å². The molecule has 0 aliphatic carbocycles. The number of nitriles is 1. The molecule has 0 atom stereocenters. The summed E-state index contributed by atoms with van der Waals surface area (Å²) in [4.78, 5) is 27.1. The van der Waals surface area contributed by atoms with Crippen LogP contribution in [0.3, 0.4) is 0 Å². The number of hydrogen-bond donors (Lipinski definition) is 2. The molecule has 2 heterocycles. The van der Waals surface area contributed by atoms with E-state index in [1.807, 2.05) is 6.07 Å². The lowest BCUT2D eigenvalue weighted by atomic mass is 10.00. The first kappa shape index (κ1) is 25.2. The van der Waals surface area contributed by atoms with Crippen LogP contribution in [0.1, 0.15) is 36.1 Å². The number of hydrogen-bond acceptors (Lipinski definition) is 7. The molecule has 0 saturated heterocycles. The van der Waals surface area contributed by atoms with E-state index in [9.17, 15) is 15.2 Å². The Kier molecular flexibility index (Phi) is 8.29. The van der Waals surface area contributed by atoms with Crippen LogP contribution in [0.15, 0.2) is 52.7 Å². The van der Waals surface area contributed by atoms with Gasteiger partial charge in [-0.1, -0.05) is 17.7 Å². The SMILES string of the molecule is C=N/C=C\C(=NCNCC(C)(C)O)c1cc(C#N)c2c(c1)CCN2C(=O)Cc1cccnc1Cl. The molecule has 3 rings (SSSR count). The molecule has 1 amide bonds. The van der Waals surface area contributed by atoms with E-state index < -0.39 is 5.60 Å². The third kappa shape index (κ3) is 6.35. The third-order valence-electron chi connectivity index (χ3n) is 5.22. The summed E-state index contributed by atoms with van der Waals surface area (Å²) >= 11 is 6.12. The second-order valence-corrected chi connectivity index (χ2v) is 8.87. The van der Waals surface area contributed by atoms with Gasteiger partial charge in [-0.25, -0.2) is 4.98 Å². The summed E-state index contributed by atoms with van der Waals surface area (Å²) < 4.78 is 0. The first-order chi connectivity index (χ1) is 16.2. The fraction of sp³-hybridized carbons (Fsp3) is 0.320. The molecule has 8 nitrogen and oxygen atoms in total. The highest BCUT2D eigenvalue weighted by Crippen LogP contribution is 2.34. The normalized spacial score (nSPS) is 13.7. The number of aromatic nitrogens is 1. The molecule has 0 spiro atoms. The number of rotatable bonds is 9. The topological polar surface area (TPSA) is 114 Å². The zero-order valence-corrected chi connectivity index (χ0v) is 20.0. The molecule has 0 fully saturated rings. The maximum Gasteiger partial charge on any atom is 0.231 e. The number of pyridine rings is 1. The highest BCUT2D eigenvalue weighted by Gasteiger charge is 2.29. The number of carbonyl (C=O) groups is 1. The highest BCUT2D eigenvalue weighted by molar-refractivity contribution is 6.30. The van der Waals surface area contributed by atoms with Gasteiger partial charge in [0.1, 0.15) is 11.2 Å². The predicted octanol–water partition coefficient (Wildman–Crippen LogP) is 3.06. The number of fused-ring (bicyclic) bond motifs is 1. The summed E-state index contributed by atoms with van der Waals surface area (Å²) in [5, 5.41) is 23.1. The molecular weight excluding hydrogens is 452 g/mol. The molecule has 0 bridgehead atoms. The minimum Gasteiger partial charge on any atom is -0.389 e. The summed E-state index contributed by atoms with van der Waals surface area (Å²) in [5.41, 5.74) is 3.07. The van der Waals surface area contributed by atoms with Crippen molar-refractivity contribution in [3.63, 3.8) is 0 Å². The van der Waals surface area contributed by atoms with Crippen LogP contribution in [0.25, 0.3) is 0 Å². The minimum atomic E-state index is -0.855. The van der Waals surface area contributed by atoms with Gasteiger partial charge in [-0.2, -0.15) is 5.26 Å². The number of nitrogens with one attached hydrogen (secondary N) is 1. The Morgan fingerprint density at radius 2 is 2.26 bits per heavy atom. The minimum absolute atomic E-state index is 0.103. The fourth-order valence-electron chi connectivity index (χ4n) is 3.71. The van der Waals surface area contributed by atoms with Gasteiger partial charge in [0.2, 0.25) is 5.91 Å². The van der Waals surface area contributed by atoms with Crippen LogP contribution in [-0.4, -0.2) is 53.8 Å². The molecule has 0 saturated carbocycles. The van der Waals surface area contributed by atoms with Crippen LogP contribution in [0.2, 0.25) is 5.15 Å². The van der Waals surface area contributed by atoms with Crippen LogP contribution >= 0.6 is 11.6 Å². The van der Waals surface area contributed by atoms with Gasteiger partial charge in [0.05, 0.1) is 35.7 Å². The number of benzene rings is 1. The van der Waals surface area contributed by atoms with Crippen molar-refractivity contribution in [3.05, 3.63) is 70.1 Å². The molecule has 0 radical (unpaired) electrons. The molecule has 2 aromatic rings. The van der Waals surface area contributed by atoms with E-state index in [0.29, 0.717) is 47.2 Å². The van der Waals surface area contributed by atoms with E-state index in [1.165, 1.54) is 6.20 Å². The summed E-state index contributed by atoms with van der Waals surface area (Å²) in [6, 6.07) is 9.41. The van der Waals surface area contributed by atoms with E-state index in [2.05, 4.69) is 33.1 Å². The Morgan fingerprint density at radius 1 is 1.47 bits per heavy atom. The Bertz CT molecular complexity index is 1180. The van der Waals surface area contributed by atoms with Crippen molar-refractivity contribution in [1.82, 2.24) is 10.3 Å². The van der Waals surface area contributed by atoms with Crippen molar-refractivity contribution >= 4 is 35.6 Å². The molecule has 1 aliphatic rings. The van der Waals surface area contributed by atoms with Gasteiger partial charge >= 0.3 is 0 Å². The summed E-state index contributed by atoms with van der Waals surface area (Å²) in [5.74, 6) is -0.140. The molecule has 1 aromatic heterocycles. The average molecular weight is 479 g/mol. The number of halogens is 1. The molecule has 2 N–H and O–H groups in total. The van der Waals surface area contributed by atoms with Gasteiger partial charge in [0, 0.05) is 31.0 Å². The number of allylic oxidation sites excluding steroid dienone is 1. The van der Waals surface area contributed by atoms with E-state index in [0.717, 1.165) is 11.1 Å². The monoisotopic (exact) mass is 478 g/mol. The number of nitrogens with zero attached hydrogens (tertiary/aromatic N) is 5. The van der Waals surface area contributed by atoms with E-state index in [4.69, 9.17) is 11.6 Å². The number of anilines is 1. The van der Waals surface area contributed by atoms with Gasteiger partial charge in [0.15, 0.2) is 0 Å². The smallest absolute Gasteiger partial charge is 0.231 e. The van der Waals surface area contributed by atoms with Crippen LogP contribution in [0.5, 0.6) is 0 Å². The second-order valence-electron chi connectivity index (χ2n) is 8.51. The standard InChI is InChI=1S/C25H27ClN6O2/c1-25(2,34)15-29-16-31-21(6-9-28-3)19-11-17-7-10-32(23(17)20(12-19)14-27)22(33)13-18-5-4-8-30-24(18)26/h4-6,8-9,11-12,29,34H,3,7,10,13,15-16H2,1-2H3/b9-6-,31-21?. The van der Waals surface area contributed by atoms with Gasteiger partial charge in [-0.15, -0.1) is 0 Å². The Morgan fingerprint density at radius 3 is 2.94 bits per heavy atom. The molecule has 34 heavy (non-hydrogen) atoms. The quantitative estimate of drug-likeness (QED) is 0.326. The van der Waals surface area contributed by atoms with Crippen molar-refractivity contribution in [1.29, 1.82) is 5.26 Å². The first-order valence-electron chi connectivity index (χ1n) is 10.8. The van der Waals surface area contributed by atoms with E-state index >= 15 is 0 Å². The summed E-state index contributed by atoms with van der Waals surface area (Å²) in [6.45, 7) is 8.01. The van der Waals surface area contributed by atoms with Gasteiger partial charge in [0.25, 0.3) is 0 Å². The van der Waals surface area contributed by atoms with Crippen molar-refractivity contribution in [2.45, 2.75) is 32.3 Å². The molecule has 0 unspecified atom stereocenters. The maximum absolute atomic E-state index is 13.1. The lowest BCUT2D eigenvalue weighted by molar-refractivity contribution is -0.117. The molecular formula is C25H27ClN6O2. The lowest BCUT2D eigenvalue weighted by Crippen LogP contribution is -2.34. The number of aliphatic imine (C=N–C) groups is 2. The molecule has 1 aliphatic heterocycles. The Hall–Kier alpha value is -3.38. The highest BCUT2D eigenvalue weighted by atomic mass is 35.5. The Balaban J connectivity index is 1.89. The third-order valence-corrected chi connectivity index (χ3v) is 5.56. The van der Waals surface area contributed by atoms with Gasteiger partial charge in [-0.05, 0) is 62.4 Å². The molecule has 9 heteroatoms. The number of aliphatic hydroxyl groups is 1. The van der Waals surface area contributed by atoms with Crippen LogP contribution < -0.4 is 10.2 Å². The lowest BCUT2D eigenvalue weighted by Gasteiger charge is -2.19. The largest absolute Gasteiger partial charge is 0.389 e. The zero-order valence-electron chi connectivity index (χ0n) is 19.3. The van der Waals surface area contributed by atoms with Gasteiger partial charge in [-0.3, -0.25) is 20.1 Å². The number of carbonyl (C=O) groups excluding carboxylic acids is 1. The summed E-state index contributed by atoms with van der Waals surface area (Å²) in [6.07, 6.45) is 5.54. The maximum atomic E-state index is 13.1. The zero-order chi connectivity index (χ0) is 24.7. The van der Waals surface area contributed by atoms with Crippen LogP contribution in [0, 0.1) is 11.3 Å². The molecule has 1 aromatic carbocycles. The first-order valence-corrected chi connectivity index (χ1v) is 11.2. The summed E-state index contributed by atoms with van der Waals surface area (Å²) in [7, 11) is 0. The average Bonchev–Trinajstić information content (AvgIpc) is 3.23. The van der Waals surface area contributed by atoms with Crippen LogP contribution in [-0.2, 0) is 17.6 Å². The number of amides is 1. The fourth-order valence-corrected chi connectivity index (χ4v) is 3.89. The van der Waals surface area contributed by atoms with E-state index in [1.54, 1.807) is 49.2 Å². The van der Waals surface area contributed by atoms with Crippen LogP contribution in [0.4, 0.5) is 5.69 Å². The second kappa shape index (κ2) is 11.2. The van der Waals surface area contributed by atoms with Crippen molar-refractivity contribution in [2.75, 3.05) is 24.7 Å². The van der Waals surface area contributed by atoms with Crippen molar-refractivity contribution in [2.24, 2.45) is 9.98 Å². The Labute approximate surface area is 204 Å². The van der Waals surface area contributed by atoms with Crippen molar-refractivity contribution in [3.8, 4) is 6.07 Å². The molecule has 176 valence electrons. The predicted molar refractivity (Wildman–Crippen MR) is 135 cm³/mol. The van der Waals surface area contributed by atoms with E-state index in [-0.39, 0.29) is 19.0 Å². The van der Waals surface area contributed by atoms with Gasteiger partial charge < -0.3 is 10.0 Å².